The summed E-state index contributed by atoms with van der Waals surface area (Å²) in [6.45, 7) is -2.96. The van der Waals surface area contributed by atoms with Crippen molar-refractivity contribution in [3.05, 3.63) is 35.0 Å². The summed E-state index contributed by atoms with van der Waals surface area (Å²) in [6.07, 6.45) is 1.91. The van der Waals surface area contributed by atoms with Crippen LogP contribution >= 0.6 is 0 Å². The van der Waals surface area contributed by atoms with Crippen molar-refractivity contribution < 1.29 is 23.0 Å². The molecule has 0 radical (unpaired) electrons. The minimum atomic E-state index is -2.96. The number of rotatable bonds is 4. The van der Waals surface area contributed by atoms with E-state index in [2.05, 4.69) is 25.6 Å². The fourth-order valence-electron chi connectivity index (χ4n) is 3.37. The van der Waals surface area contributed by atoms with Gasteiger partial charge in [0, 0.05) is 17.7 Å². The van der Waals surface area contributed by atoms with Crippen molar-refractivity contribution in [2.24, 2.45) is 0 Å². The third-order valence-corrected chi connectivity index (χ3v) is 4.45. The van der Waals surface area contributed by atoms with Crippen molar-refractivity contribution in [1.29, 1.82) is 0 Å². The van der Waals surface area contributed by atoms with Crippen LogP contribution in [0.2, 0.25) is 0 Å². The number of carbonyl (C=O) groups is 1. The number of anilines is 1. The van der Waals surface area contributed by atoms with Gasteiger partial charge in [-0.15, -0.1) is 0 Å². The highest BCUT2D eigenvalue weighted by molar-refractivity contribution is 5.99. The van der Waals surface area contributed by atoms with Crippen molar-refractivity contribution >= 4 is 11.7 Å². The van der Waals surface area contributed by atoms with Gasteiger partial charge in [0.15, 0.2) is 17.3 Å². The number of allylic oxidation sites excluding steroid dienone is 2. The third-order valence-electron chi connectivity index (χ3n) is 4.45. The Kier molecular flexibility index (Phi) is 4.02. The van der Waals surface area contributed by atoms with Crippen molar-refractivity contribution in [2.75, 3.05) is 12.4 Å². The summed E-state index contributed by atoms with van der Waals surface area (Å²) in [4.78, 5) is 12.6. The molecule has 8 nitrogen and oxygen atoms in total. The Morgan fingerprint density at radius 1 is 1.31 bits per heavy atom. The van der Waals surface area contributed by atoms with Crippen molar-refractivity contribution in [1.82, 2.24) is 20.2 Å². The van der Waals surface area contributed by atoms with Crippen LogP contribution in [0.3, 0.4) is 0 Å². The highest BCUT2D eigenvalue weighted by Gasteiger charge is 2.37. The lowest BCUT2D eigenvalue weighted by molar-refractivity contribution is -0.116. The zero-order chi connectivity index (χ0) is 18.3. The standard InChI is InChI=1S/C16H15F2N5O3/c1-25-12-7-8(5-6-11(12)26-15(17)18)14-13-9(3-2-4-10(13)24)19-16-20-21-22-23(14)16/h5-7,14-15H,2-4H2,1H3,(H,19,20,22). The molecule has 2 aromatic rings. The van der Waals surface area contributed by atoms with Crippen LogP contribution in [0.5, 0.6) is 11.5 Å². The van der Waals surface area contributed by atoms with E-state index in [-0.39, 0.29) is 17.3 Å². The lowest BCUT2D eigenvalue weighted by Gasteiger charge is -2.31. The minimum Gasteiger partial charge on any atom is -0.493 e. The number of nitrogens with zero attached hydrogens (tertiary/aromatic N) is 4. The number of hydrogen-bond donors (Lipinski definition) is 1. The average Bonchev–Trinajstić information content (AvgIpc) is 3.08. The first-order chi connectivity index (χ1) is 12.6. The van der Waals surface area contributed by atoms with Gasteiger partial charge in [-0.3, -0.25) is 4.79 Å². The number of aromatic nitrogens is 4. The maximum Gasteiger partial charge on any atom is 0.387 e. The van der Waals surface area contributed by atoms with Crippen molar-refractivity contribution in [3.8, 4) is 11.5 Å². The van der Waals surface area contributed by atoms with E-state index >= 15 is 0 Å². The summed E-state index contributed by atoms with van der Waals surface area (Å²) in [6, 6.07) is 4.00. The van der Waals surface area contributed by atoms with Gasteiger partial charge < -0.3 is 14.8 Å². The predicted molar refractivity (Wildman–Crippen MR) is 85.1 cm³/mol. The van der Waals surface area contributed by atoms with E-state index in [1.165, 1.54) is 17.9 Å². The van der Waals surface area contributed by atoms with E-state index in [0.29, 0.717) is 29.9 Å². The lowest BCUT2D eigenvalue weighted by atomic mass is 9.85. The topological polar surface area (TPSA) is 91.2 Å². The summed E-state index contributed by atoms with van der Waals surface area (Å²) >= 11 is 0. The van der Waals surface area contributed by atoms with Crippen LogP contribution in [0.25, 0.3) is 0 Å². The third kappa shape index (κ3) is 2.67. The smallest absolute Gasteiger partial charge is 0.387 e. The number of Topliss-reactive ketones (excluding diaryl/α,β-unsaturated/α-hetero) is 1. The summed E-state index contributed by atoms with van der Waals surface area (Å²) in [5.74, 6) is 0.495. The molecule has 0 saturated heterocycles. The lowest BCUT2D eigenvalue weighted by Crippen LogP contribution is -2.31. The second-order valence-corrected chi connectivity index (χ2v) is 5.93. The zero-order valence-corrected chi connectivity index (χ0v) is 13.8. The number of tetrazole rings is 1. The molecule has 2 aliphatic rings. The molecule has 2 heterocycles. The molecule has 26 heavy (non-hydrogen) atoms. The van der Waals surface area contributed by atoms with Crippen molar-refractivity contribution in [2.45, 2.75) is 31.9 Å². The Bertz CT molecular complexity index is 896. The Morgan fingerprint density at radius 3 is 2.92 bits per heavy atom. The van der Waals surface area contributed by atoms with Crippen LogP contribution < -0.4 is 14.8 Å². The Labute approximate surface area is 146 Å². The van der Waals surface area contributed by atoms with E-state index in [1.807, 2.05) is 0 Å². The highest BCUT2D eigenvalue weighted by Crippen LogP contribution is 2.41. The number of fused-ring (bicyclic) bond motifs is 1. The molecular formula is C16H15F2N5O3. The first-order valence-electron chi connectivity index (χ1n) is 8.02. The second-order valence-electron chi connectivity index (χ2n) is 5.93. The second kappa shape index (κ2) is 6.36. The Hall–Kier alpha value is -3.04. The molecule has 0 amide bonds. The number of nitrogens with one attached hydrogen (secondary N) is 1. The number of carbonyl (C=O) groups excluding carboxylic acids is 1. The number of halogens is 2. The van der Waals surface area contributed by atoms with E-state index in [0.717, 1.165) is 12.1 Å². The van der Waals surface area contributed by atoms with Gasteiger partial charge in [-0.05, 0) is 41.0 Å². The van der Waals surface area contributed by atoms with Crippen LogP contribution in [-0.4, -0.2) is 39.7 Å². The Morgan fingerprint density at radius 2 is 2.15 bits per heavy atom. The fourth-order valence-corrected chi connectivity index (χ4v) is 3.37. The molecule has 0 fully saturated rings. The molecular weight excluding hydrogens is 348 g/mol. The maximum absolute atomic E-state index is 12.6. The van der Waals surface area contributed by atoms with Crippen molar-refractivity contribution in [3.63, 3.8) is 0 Å². The molecule has 10 heteroatoms. The molecule has 0 spiro atoms. The average molecular weight is 363 g/mol. The van der Waals surface area contributed by atoms with Gasteiger partial charge in [0.2, 0.25) is 5.95 Å². The van der Waals surface area contributed by atoms with Gasteiger partial charge in [0.1, 0.15) is 6.04 Å². The number of hydrogen-bond acceptors (Lipinski definition) is 7. The summed E-state index contributed by atoms with van der Waals surface area (Å²) in [7, 11) is 1.36. The molecule has 4 rings (SSSR count). The maximum atomic E-state index is 12.6. The summed E-state index contributed by atoms with van der Waals surface area (Å²) < 4.78 is 36.2. The van der Waals surface area contributed by atoms with E-state index in [4.69, 9.17) is 4.74 Å². The molecule has 1 aliphatic carbocycles. The van der Waals surface area contributed by atoms with Gasteiger partial charge in [-0.25, -0.2) is 0 Å². The van der Waals surface area contributed by atoms with Gasteiger partial charge in [0.05, 0.1) is 7.11 Å². The van der Waals surface area contributed by atoms with E-state index in [9.17, 15) is 13.6 Å². The molecule has 1 aromatic heterocycles. The van der Waals surface area contributed by atoms with Gasteiger partial charge in [-0.2, -0.15) is 13.5 Å². The fraction of sp³-hybridized carbons (Fsp3) is 0.375. The van der Waals surface area contributed by atoms with Gasteiger partial charge in [-0.1, -0.05) is 11.2 Å². The van der Waals surface area contributed by atoms with Crippen LogP contribution in [0.1, 0.15) is 30.9 Å². The Balaban J connectivity index is 1.83. The largest absolute Gasteiger partial charge is 0.493 e. The van der Waals surface area contributed by atoms with E-state index < -0.39 is 12.7 Å². The first kappa shape index (κ1) is 16.4. The van der Waals surface area contributed by atoms with E-state index in [1.54, 1.807) is 12.1 Å². The normalized spacial score (nSPS) is 19.1. The van der Waals surface area contributed by atoms with Gasteiger partial charge >= 0.3 is 6.61 Å². The van der Waals surface area contributed by atoms with Crippen LogP contribution in [0.4, 0.5) is 14.7 Å². The molecule has 0 bridgehead atoms. The predicted octanol–water partition coefficient (Wildman–Crippen LogP) is 2.31. The molecule has 136 valence electrons. The first-order valence-corrected chi connectivity index (χ1v) is 8.02. The quantitative estimate of drug-likeness (QED) is 0.891. The van der Waals surface area contributed by atoms with Crippen LogP contribution in [-0.2, 0) is 4.79 Å². The van der Waals surface area contributed by atoms with Crippen LogP contribution in [0.15, 0.2) is 29.5 Å². The zero-order valence-electron chi connectivity index (χ0n) is 13.8. The molecule has 1 atom stereocenters. The molecule has 1 aliphatic heterocycles. The number of methoxy groups -OCH3 is 1. The number of ketones is 1. The monoisotopic (exact) mass is 363 g/mol. The SMILES string of the molecule is COc1cc(C2C3=C(CCCC3=O)Nc3nnnn32)ccc1OC(F)F. The van der Waals surface area contributed by atoms with Crippen LogP contribution in [0, 0.1) is 0 Å². The summed E-state index contributed by atoms with van der Waals surface area (Å²) in [5, 5.41) is 14.7. The minimum absolute atomic E-state index is 0.0109. The summed E-state index contributed by atoms with van der Waals surface area (Å²) in [5.41, 5.74) is 2.02. The molecule has 1 aromatic carbocycles. The molecule has 1 unspecified atom stereocenters. The molecule has 1 N–H and O–H groups in total. The molecule has 0 saturated carbocycles. The highest BCUT2D eigenvalue weighted by atomic mass is 19.3. The van der Waals surface area contributed by atoms with Gasteiger partial charge in [0.25, 0.3) is 0 Å². The number of ether oxygens (including phenoxy) is 2. The number of alkyl halides is 2. The number of benzene rings is 1.